The summed E-state index contributed by atoms with van der Waals surface area (Å²) >= 11 is 5.94. The largest absolute Gasteiger partial charge is 0.462 e. The molecule has 1 aromatic carbocycles. The van der Waals surface area contributed by atoms with Crippen LogP contribution in [0.5, 0.6) is 0 Å². The number of benzene rings is 1. The van der Waals surface area contributed by atoms with Gasteiger partial charge in [-0.3, -0.25) is 14.3 Å². The van der Waals surface area contributed by atoms with Gasteiger partial charge in [-0.1, -0.05) is 11.6 Å². The summed E-state index contributed by atoms with van der Waals surface area (Å²) in [5.41, 5.74) is -0.910. The molecule has 1 amide bonds. The number of alkyl halides is 3. The highest BCUT2D eigenvalue weighted by Crippen LogP contribution is 2.24. The number of carbonyl (C=O) groups excluding carboxylic acids is 2. The van der Waals surface area contributed by atoms with Crippen LogP contribution in [0.1, 0.15) is 33.7 Å². The van der Waals surface area contributed by atoms with Crippen molar-refractivity contribution in [3.05, 3.63) is 75.4 Å². The maximum atomic E-state index is 13.7. The first kappa shape index (κ1) is 33.7. The molecule has 1 fully saturated rings. The summed E-state index contributed by atoms with van der Waals surface area (Å²) < 4.78 is 71.3. The van der Waals surface area contributed by atoms with Crippen LogP contribution in [-0.4, -0.2) is 108 Å². The Morgan fingerprint density at radius 3 is 2.43 bits per heavy atom. The van der Waals surface area contributed by atoms with E-state index in [4.69, 9.17) is 16.3 Å². The lowest BCUT2D eigenvalue weighted by Gasteiger charge is -2.26. The molecule has 1 unspecified atom stereocenters. The van der Waals surface area contributed by atoms with Crippen LogP contribution in [-0.2, 0) is 27.7 Å². The number of sulfone groups is 1. The van der Waals surface area contributed by atoms with E-state index in [9.17, 15) is 41.1 Å². The molecule has 4 aromatic rings. The van der Waals surface area contributed by atoms with Crippen molar-refractivity contribution in [3.8, 4) is 17.1 Å². The minimum atomic E-state index is -5.04. The number of aliphatic hydroxyl groups is 1. The van der Waals surface area contributed by atoms with Crippen LogP contribution in [0.25, 0.3) is 17.1 Å². The normalized spacial score (nSPS) is 15.4. The summed E-state index contributed by atoms with van der Waals surface area (Å²) in [5.74, 6) is -2.90. The molecule has 1 atom stereocenters. The minimum Gasteiger partial charge on any atom is -0.462 e. The molecule has 20 heteroatoms. The van der Waals surface area contributed by atoms with E-state index in [1.54, 1.807) is 6.92 Å². The number of pyridine rings is 1. The molecule has 1 aliphatic heterocycles. The number of hydrogen-bond donors (Lipinski definition) is 1. The van der Waals surface area contributed by atoms with E-state index in [1.165, 1.54) is 47.6 Å². The second-order valence-electron chi connectivity index (χ2n) is 10.3. The number of amides is 1. The molecule has 47 heavy (non-hydrogen) atoms. The smallest absolute Gasteiger partial charge is 0.416 e. The van der Waals surface area contributed by atoms with Crippen molar-refractivity contribution >= 4 is 33.3 Å². The van der Waals surface area contributed by atoms with Gasteiger partial charge in [0.1, 0.15) is 12.2 Å². The van der Waals surface area contributed by atoms with Crippen molar-refractivity contribution in [3.63, 3.8) is 0 Å². The van der Waals surface area contributed by atoms with Crippen LogP contribution in [0.4, 0.5) is 13.2 Å². The van der Waals surface area contributed by atoms with Crippen LogP contribution in [0, 0.1) is 0 Å². The zero-order chi connectivity index (χ0) is 34.1. The summed E-state index contributed by atoms with van der Waals surface area (Å²) in [5, 5.41) is 18.6. The predicted octanol–water partition coefficient (Wildman–Crippen LogP) is 1.36. The first-order valence-corrected chi connectivity index (χ1v) is 16.1. The number of carbonyl (C=O) groups is 2. The Bertz CT molecular complexity index is 1960. The molecule has 0 spiro atoms. The molecule has 0 radical (unpaired) electrons. The number of ether oxygens (including phenoxy) is 1. The Labute approximate surface area is 269 Å². The maximum absolute atomic E-state index is 13.7. The number of aliphatic hydroxyl groups excluding tert-OH is 1. The quantitative estimate of drug-likeness (QED) is 0.249. The number of aromatic nitrogens is 7. The van der Waals surface area contributed by atoms with Gasteiger partial charge in [0.25, 0.3) is 5.91 Å². The highest BCUT2D eigenvalue weighted by Gasteiger charge is 2.39. The summed E-state index contributed by atoms with van der Waals surface area (Å²) in [7, 11) is -3.36. The van der Waals surface area contributed by atoms with Crippen molar-refractivity contribution in [1.29, 1.82) is 0 Å². The van der Waals surface area contributed by atoms with E-state index in [0.29, 0.717) is 9.59 Å². The average molecular weight is 699 g/mol. The standard InChI is InChI=1S/C27H26ClF3N8O7S/c1-2-46-25(42)18-7-8-32-13-19(18)39-23(24(41)36-9-11-47(44,45)12-10-36)33-21(34-39)15-38-26(43)37(14-20(40)27(29,30)31)22(35-38)16-3-5-17(28)6-4-16/h3-8,13,20,40H,2,9-12,14-15H2,1H3. The van der Waals surface area contributed by atoms with Crippen molar-refractivity contribution in [2.45, 2.75) is 32.3 Å². The first-order valence-electron chi connectivity index (χ1n) is 13.9. The number of halogens is 4. The van der Waals surface area contributed by atoms with Gasteiger partial charge in [-0.2, -0.15) is 13.2 Å². The molecule has 0 bridgehead atoms. The number of nitrogens with zero attached hydrogens (tertiary/aromatic N) is 8. The van der Waals surface area contributed by atoms with E-state index >= 15 is 0 Å². The monoisotopic (exact) mass is 698 g/mol. The van der Waals surface area contributed by atoms with Gasteiger partial charge in [0, 0.05) is 29.9 Å². The van der Waals surface area contributed by atoms with Gasteiger partial charge in [-0.05, 0) is 37.3 Å². The Morgan fingerprint density at radius 2 is 1.79 bits per heavy atom. The number of esters is 1. The van der Waals surface area contributed by atoms with Crippen molar-refractivity contribution in [1.82, 2.24) is 39.0 Å². The fourth-order valence-electron chi connectivity index (χ4n) is 4.65. The van der Waals surface area contributed by atoms with Gasteiger partial charge in [-0.15, -0.1) is 10.2 Å². The molecule has 4 heterocycles. The summed E-state index contributed by atoms with van der Waals surface area (Å²) in [6.45, 7) is -0.405. The van der Waals surface area contributed by atoms with Crippen molar-refractivity contribution in [2.75, 3.05) is 31.2 Å². The molecule has 5 rings (SSSR count). The van der Waals surface area contributed by atoms with E-state index in [2.05, 4.69) is 20.2 Å². The molecule has 3 aromatic heterocycles. The van der Waals surface area contributed by atoms with Gasteiger partial charge in [0.15, 0.2) is 27.6 Å². The summed E-state index contributed by atoms with van der Waals surface area (Å²) in [6, 6.07) is 7.05. The predicted molar refractivity (Wildman–Crippen MR) is 158 cm³/mol. The minimum absolute atomic E-state index is 0.0225. The molecule has 250 valence electrons. The van der Waals surface area contributed by atoms with E-state index in [-0.39, 0.29) is 65.5 Å². The number of rotatable bonds is 9. The van der Waals surface area contributed by atoms with Gasteiger partial charge in [0.05, 0.1) is 36.4 Å². The number of hydrogen-bond acceptors (Lipinski definition) is 11. The molecular weight excluding hydrogens is 673 g/mol. The highest BCUT2D eigenvalue weighted by atomic mass is 35.5. The van der Waals surface area contributed by atoms with Crippen molar-refractivity contribution in [2.24, 2.45) is 0 Å². The molecule has 1 aliphatic rings. The molecule has 15 nitrogen and oxygen atoms in total. The van der Waals surface area contributed by atoms with Gasteiger partial charge in [-0.25, -0.2) is 32.4 Å². The lowest BCUT2D eigenvalue weighted by atomic mass is 10.2. The topological polar surface area (TPSA) is 184 Å². The lowest BCUT2D eigenvalue weighted by molar-refractivity contribution is -0.207. The fourth-order valence-corrected chi connectivity index (χ4v) is 5.98. The molecule has 1 saturated heterocycles. The third-order valence-electron chi connectivity index (χ3n) is 7.05. The van der Waals surface area contributed by atoms with Crippen LogP contribution in [0.15, 0.2) is 47.5 Å². The van der Waals surface area contributed by atoms with Crippen molar-refractivity contribution < 1.29 is 41.0 Å². The molecule has 0 saturated carbocycles. The zero-order valence-electron chi connectivity index (χ0n) is 24.5. The third-order valence-corrected chi connectivity index (χ3v) is 8.91. The van der Waals surface area contributed by atoms with E-state index < -0.39 is 52.8 Å². The maximum Gasteiger partial charge on any atom is 0.416 e. The van der Waals surface area contributed by atoms with Gasteiger partial charge >= 0.3 is 17.8 Å². The molecule has 0 aliphatic carbocycles. The Morgan fingerprint density at radius 1 is 1.11 bits per heavy atom. The molecular formula is C27H26ClF3N8O7S. The van der Waals surface area contributed by atoms with E-state index in [1.807, 2.05) is 0 Å². The third kappa shape index (κ3) is 7.36. The molecule has 1 N–H and O–H groups in total. The van der Waals surface area contributed by atoms with Crippen LogP contribution >= 0.6 is 11.6 Å². The lowest BCUT2D eigenvalue weighted by Crippen LogP contribution is -2.44. The Hall–Kier alpha value is -4.62. The summed E-state index contributed by atoms with van der Waals surface area (Å²) in [6.07, 6.45) is -5.40. The second-order valence-corrected chi connectivity index (χ2v) is 13.0. The van der Waals surface area contributed by atoms with Crippen LogP contribution in [0.2, 0.25) is 5.02 Å². The highest BCUT2D eigenvalue weighted by molar-refractivity contribution is 7.91. The average Bonchev–Trinajstić information content (AvgIpc) is 3.58. The first-order chi connectivity index (χ1) is 22.2. The van der Waals surface area contributed by atoms with Gasteiger partial charge in [0.2, 0.25) is 5.82 Å². The SMILES string of the molecule is CCOC(=O)c1ccncc1-n1nc(Cn2nc(-c3ccc(Cl)cc3)n(CC(O)C(F)(F)F)c2=O)nc1C(=O)N1CCS(=O)(=O)CC1. The van der Waals surface area contributed by atoms with E-state index in [0.717, 1.165) is 9.36 Å². The summed E-state index contributed by atoms with van der Waals surface area (Å²) in [4.78, 5) is 49.4. The van der Waals surface area contributed by atoms with Crippen LogP contribution in [0.3, 0.4) is 0 Å². The van der Waals surface area contributed by atoms with Crippen LogP contribution < -0.4 is 5.69 Å². The Balaban J connectivity index is 1.60. The zero-order valence-corrected chi connectivity index (χ0v) is 26.0. The Kier molecular flexibility index (Phi) is 9.51. The van der Waals surface area contributed by atoms with Gasteiger partial charge < -0.3 is 14.7 Å². The second kappa shape index (κ2) is 13.2. The fraction of sp³-hybridized carbons (Fsp3) is 0.370.